The molecular formula is C18H22FN3O2. The molecule has 0 spiro atoms. The minimum absolute atomic E-state index is 0.109. The number of halogens is 1. The second kappa shape index (κ2) is 6.51. The fraction of sp³-hybridized carbons (Fsp3) is 0.556. The molecule has 3 aliphatic rings. The lowest BCUT2D eigenvalue weighted by atomic mass is 9.98. The normalized spacial score (nSPS) is 29.7. The molecule has 0 radical (unpaired) electrons. The molecule has 0 bridgehead atoms. The van der Waals surface area contributed by atoms with Gasteiger partial charge in [0.05, 0.1) is 5.71 Å². The Labute approximate surface area is 140 Å². The molecule has 3 atom stereocenters. The van der Waals surface area contributed by atoms with Crippen LogP contribution in [0.25, 0.3) is 0 Å². The quantitative estimate of drug-likeness (QED) is 0.922. The minimum atomic E-state index is -0.610. The highest BCUT2D eigenvalue weighted by atomic mass is 19.1. The number of oxime groups is 1. The summed E-state index contributed by atoms with van der Waals surface area (Å²) < 4.78 is 13.3. The van der Waals surface area contributed by atoms with Gasteiger partial charge in [-0.3, -0.25) is 9.69 Å². The molecule has 0 aromatic heterocycles. The lowest BCUT2D eigenvalue weighted by Crippen LogP contribution is -2.49. The van der Waals surface area contributed by atoms with Gasteiger partial charge in [-0.25, -0.2) is 4.39 Å². The lowest BCUT2D eigenvalue weighted by Gasteiger charge is -2.32. The van der Waals surface area contributed by atoms with Crippen LogP contribution >= 0.6 is 0 Å². The van der Waals surface area contributed by atoms with E-state index in [1.165, 1.54) is 25.0 Å². The minimum Gasteiger partial charge on any atom is -0.382 e. The first-order valence-corrected chi connectivity index (χ1v) is 8.74. The third-order valence-electron chi connectivity index (χ3n) is 5.30. The van der Waals surface area contributed by atoms with Gasteiger partial charge < -0.3 is 10.2 Å². The molecule has 128 valence electrons. The third-order valence-corrected chi connectivity index (χ3v) is 5.30. The zero-order valence-electron chi connectivity index (χ0n) is 13.6. The molecule has 4 rings (SSSR count). The number of carbonyl (C=O) groups excluding carboxylic acids is 1. The molecule has 3 aliphatic heterocycles. The van der Waals surface area contributed by atoms with E-state index in [4.69, 9.17) is 4.84 Å². The standard InChI is InChI=1S/C18H22FN3O2/c19-13-5-3-4-12(10-13)15-11-17(24-21-15)18(23)20-14-7-9-22-8-2-1-6-16(14)22/h3-5,10,14,16-17H,1-2,6-9,11H2,(H,20,23). The number of hydrogen-bond acceptors (Lipinski definition) is 4. The van der Waals surface area contributed by atoms with E-state index in [9.17, 15) is 9.18 Å². The largest absolute Gasteiger partial charge is 0.382 e. The zero-order valence-corrected chi connectivity index (χ0v) is 13.6. The van der Waals surface area contributed by atoms with Crippen LogP contribution in [-0.2, 0) is 9.63 Å². The van der Waals surface area contributed by atoms with Crippen molar-refractivity contribution >= 4 is 11.6 Å². The zero-order chi connectivity index (χ0) is 16.5. The van der Waals surface area contributed by atoms with Crippen LogP contribution < -0.4 is 5.32 Å². The summed E-state index contributed by atoms with van der Waals surface area (Å²) in [6.07, 6.45) is 4.42. The second-order valence-corrected chi connectivity index (χ2v) is 6.85. The first-order chi connectivity index (χ1) is 11.7. The van der Waals surface area contributed by atoms with Crippen molar-refractivity contribution in [2.24, 2.45) is 5.16 Å². The molecule has 1 N–H and O–H groups in total. The van der Waals surface area contributed by atoms with E-state index in [1.807, 2.05) is 0 Å². The summed E-state index contributed by atoms with van der Waals surface area (Å²) >= 11 is 0. The van der Waals surface area contributed by atoms with Crippen LogP contribution in [-0.4, -0.2) is 47.8 Å². The van der Waals surface area contributed by atoms with Gasteiger partial charge >= 0.3 is 0 Å². The Bertz CT molecular complexity index is 663. The fourth-order valence-corrected chi connectivity index (χ4v) is 4.05. The third kappa shape index (κ3) is 3.02. The first kappa shape index (κ1) is 15.6. The number of benzene rings is 1. The Balaban J connectivity index is 1.35. The van der Waals surface area contributed by atoms with Gasteiger partial charge in [-0.05, 0) is 37.9 Å². The number of nitrogens with one attached hydrogen (secondary N) is 1. The van der Waals surface area contributed by atoms with E-state index < -0.39 is 6.10 Å². The van der Waals surface area contributed by atoms with Crippen molar-refractivity contribution in [3.63, 3.8) is 0 Å². The average Bonchev–Trinajstić information content (AvgIpc) is 3.23. The Morgan fingerprint density at radius 1 is 1.29 bits per heavy atom. The van der Waals surface area contributed by atoms with Gasteiger partial charge in [0.1, 0.15) is 5.82 Å². The summed E-state index contributed by atoms with van der Waals surface area (Å²) in [7, 11) is 0. The maximum atomic E-state index is 13.3. The topological polar surface area (TPSA) is 53.9 Å². The predicted octanol–water partition coefficient (Wildman–Crippen LogP) is 2.06. The number of piperidine rings is 1. The van der Waals surface area contributed by atoms with Crippen LogP contribution in [0.1, 0.15) is 37.7 Å². The summed E-state index contributed by atoms with van der Waals surface area (Å²) in [6.45, 7) is 2.20. The smallest absolute Gasteiger partial charge is 0.264 e. The van der Waals surface area contributed by atoms with E-state index in [0.29, 0.717) is 23.7 Å². The summed E-state index contributed by atoms with van der Waals surface area (Å²) in [5, 5.41) is 7.13. The molecule has 2 fully saturated rings. The molecular weight excluding hydrogens is 309 g/mol. The number of hydrogen-bond donors (Lipinski definition) is 1. The Morgan fingerprint density at radius 3 is 3.08 bits per heavy atom. The van der Waals surface area contributed by atoms with Gasteiger partial charge in [-0.1, -0.05) is 23.7 Å². The van der Waals surface area contributed by atoms with Crippen molar-refractivity contribution in [3.8, 4) is 0 Å². The molecule has 6 heteroatoms. The number of nitrogens with zero attached hydrogens (tertiary/aromatic N) is 2. The monoisotopic (exact) mass is 331 g/mol. The van der Waals surface area contributed by atoms with Gasteiger partial charge in [0.15, 0.2) is 0 Å². The average molecular weight is 331 g/mol. The van der Waals surface area contributed by atoms with E-state index in [0.717, 1.165) is 25.9 Å². The van der Waals surface area contributed by atoms with Gasteiger partial charge in [0.2, 0.25) is 6.10 Å². The summed E-state index contributed by atoms with van der Waals surface area (Å²) in [4.78, 5) is 20.3. The number of fused-ring (bicyclic) bond motifs is 1. The lowest BCUT2D eigenvalue weighted by molar-refractivity contribution is -0.132. The van der Waals surface area contributed by atoms with E-state index in [1.54, 1.807) is 12.1 Å². The van der Waals surface area contributed by atoms with Crippen molar-refractivity contribution in [3.05, 3.63) is 35.6 Å². The van der Waals surface area contributed by atoms with Crippen LogP contribution in [0.15, 0.2) is 29.4 Å². The van der Waals surface area contributed by atoms with E-state index >= 15 is 0 Å². The Kier molecular flexibility index (Phi) is 4.22. The van der Waals surface area contributed by atoms with Gasteiger partial charge in [0, 0.05) is 30.6 Å². The van der Waals surface area contributed by atoms with Crippen LogP contribution in [0.3, 0.4) is 0 Å². The molecule has 1 aromatic carbocycles. The number of amides is 1. The molecule has 3 unspecified atom stereocenters. The number of carbonyl (C=O) groups is 1. The van der Waals surface area contributed by atoms with Crippen LogP contribution in [0.4, 0.5) is 4.39 Å². The highest BCUT2D eigenvalue weighted by Gasteiger charge is 2.38. The maximum absolute atomic E-state index is 13.3. The van der Waals surface area contributed by atoms with E-state index in [-0.39, 0.29) is 17.8 Å². The summed E-state index contributed by atoms with van der Waals surface area (Å²) in [5.74, 6) is -0.422. The predicted molar refractivity (Wildman–Crippen MR) is 88.2 cm³/mol. The summed E-state index contributed by atoms with van der Waals surface area (Å²) in [5.41, 5.74) is 1.30. The Morgan fingerprint density at radius 2 is 2.21 bits per heavy atom. The maximum Gasteiger partial charge on any atom is 0.264 e. The van der Waals surface area contributed by atoms with Gasteiger partial charge in [-0.2, -0.15) is 0 Å². The highest BCUT2D eigenvalue weighted by Crippen LogP contribution is 2.27. The molecule has 0 aliphatic carbocycles. The Hall–Kier alpha value is -1.95. The first-order valence-electron chi connectivity index (χ1n) is 8.74. The molecule has 5 nitrogen and oxygen atoms in total. The van der Waals surface area contributed by atoms with Gasteiger partial charge in [-0.15, -0.1) is 0 Å². The van der Waals surface area contributed by atoms with Crippen molar-refractivity contribution in [1.82, 2.24) is 10.2 Å². The molecule has 1 amide bonds. The van der Waals surface area contributed by atoms with Crippen LogP contribution in [0.5, 0.6) is 0 Å². The molecule has 2 saturated heterocycles. The van der Waals surface area contributed by atoms with Gasteiger partial charge in [0.25, 0.3) is 5.91 Å². The van der Waals surface area contributed by atoms with Crippen molar-refractivity contribution in [2.45, 2.75) is 50.3 Å². The summed E-state index contributed by atoms with van der Waals surface area (Å²) in [6, 6.07) is 6.89. The molecule has 0 saturated carbocycles. The van der Waals surface area contributed by atoms with Crippen molar-refractivity contribution < 1.29 is 14.0 Å². The number of rotatable bonds is 3. The van der Waals surface area contributed by atoms with Crippen molar-refractivity contribution in [2.75, 3.05) is 13.1 Å². The molecule has 1 aromatic rings. The van der Waals surface area contributed by atoms with E-state index in [2.05, 4.69) is 15.4 Å². The second-order valence-electron chi connectivity index (χ2n) is 6.85. The fourth-order valence-electron chi connectivity index (χ4n) is 4.05. The van der Waals surface area contributed by atoms with Crippen LogP contribution in [0.2, 0.25) is 0 Å². The van der Waals surface area contributed by atoms with Crippen molar-refractivity contribution in [1.29, 1.82) is 0 Å². The highest BCUT2D eigenvalue weighted by molar-refractivity contribution is 6.04. The molecule has 3 heterocycles. The molecule has 24 heavy (non-hydrogen) atoms. The van der Waals surface area contributed by atoms with Crippen LogP contribution in [0, 0.1) is 5.82 Å². The SMILES string of the molecule is O=C(NC1CCN2CCCCC12)C1CC(c2cccc(F)c2)=NO1.